The molecule has 0 spiro atoms. The third kappa shape index (κ3) is 5.58. The van der Waals surface area contributed by atoms with E-state index in [0.717, 1.165) is 51.4 Å². The van der Waals surface area contributed by atoms with Crippen LogP contribution in [0.4, 0.5) is 5.82 Å². The van der Waals surface area contributed by atoms with Crippen LogP contribution in [0.3, 0.4) is 0 Å². The van der Waals surface area contributed by atoms with Crippen molar-refractivity contribution in [1.29, 1.82) is 0 Å². The summed E-state index contributed by atoms with van der Waals surface area (Å²) in [6.45, 7) is 0.640. The highest BCUT2D eigenvalue weighted by Gasteiger charge is 2.27. The Bertz CT molecular complexity index is 624. The molecule has 0 aliphatic heterocycles. The number of hydrogen-bond acceptors (Lipinski definition) is 5. The Morgan fingerprint density at radius 2 is 1.92 bits per heavy atom. The van der Waals surface area contributed by atoms with E-state index >= 15 is 0 Å². The molecule has 1 unspecified atom stereocenters. The standard InChI is InChI=1S/C18H27N3O3/c19-17-11-13-21(18(24)20-17)12-7-3-1-2-4-9-15(22)14-8-5-6-10-16(14)23/h11,13-14H,1-10,12H2,(H2,19,20,24). The molecule has 1 aromatic rings. The molecular weight excluding hydrogens is 306 g/mol. The van der Waals surface area contributed by atoms with Gasteiger partial charge in [0.25, 0.3) is 0 Å². The van der Waals surface area contributed by atoms with Gasteiger partial charge in [0.1, 0.15) is 17.4 Å². The first-order chi connectivity index (χ1) is 11.6. The maximum absolute atomic E-state index is 12.1. The lowest BCUT2D eigenvalue weighted by Gasteiger charge is -2.19. The second-order valence-corrected chi connectivity index (χ2v) is 6.58. The van der Waals surface area contributed by atoms with Crippen LogP contribution in [0.5, 0.6) is 0 Å². The van der Waals surface area contributed by atoms with Crippen molar-refractivity contribution < 1.29 is 9.59 Å². The van der Waals surface area contributed by atoms with Crippen LogP contribution >= 0.6 is 0 Å². The fraction of sp³-hybridized carbons (Fsp3) is 0.667. The summed E-state index contributed by atoms with van der Waals surface area (Å²) in [6.07, 6.45) is 10.3. The van der Waals surface area contributed by atoms with Gasteiger partial charge in [0.2, 0.25) is 0 Å². The number of nitrogens with two attached hydrogens (primary N) is 1. The van der Waals surface area contributed by atoms with E-state index in [1.54, 1.807) is 16.8 Å². The summed E-state index contributed by atoms with van der Waals surface area (Å²) < 4.78 is 1.56. The molecule has 6 nitrogen and oxygen atoms in total. The van der Waals surface area contributed by atoms with Crippen molar-refractivity contribution in [3.8, 4) is 0 Å². The van der Waals surface area contributed by atoms with Crippen LogP contribution in [0.2, 0.25) is 0 Å². The van der Waals surface area contributed by atoms with Gasteiger partial charge in [-0.15, -0.1) is 0 Å². The van der Waals surface area contributed by atoms with E-state index in [4.69, 9.17) is 5.73 Å². The average Bonchev–Trinajstić information content (AvgIpc) is 2.56. The zero-order valence-electron chi connectivity index (χ0n) is 14.2. The number of carbonyl (C=O) groups excluding carboxylic acids is 2. The fourth-order valence-corrected chi connectivity index (χ4v) is 3.22. The Hall–Kier alpha value is -1.98. The second-order valence-electron chi connectivity index (χ2n) is 6.58. The summed E-state index contributed by atoms with van der Waals surface area (Å²) >= 11 is 0. The highest BCUT2D eigenvalue weighted by Crippen LogP contribution is 2.23. The SMILES string of the molecule is Nc1ccn(CCCCCCCC(=O)C2CCCCC2=O)c(=O)n1. The molecule has 0 bridgehead atoms. The number of ketones is 2. The van der Waals surface area contributed by atoms with Gasteiger partial charge in [-0.2, -0.15) is 4.98 Å². The number of aryl methyl sites for hydroxylation is 1. The van der Waals surface area contributed by atoms with Gasteiger partial charge in [-0.05, 0) is 31.7 Å². The quantitative estimate of drug-likeness (QED) is 0.553. The smallest absolute Gasteiger partial charge is 0.349 e. The highest BCUT2D eigenvalue weighted by atomic mass is 16.2. The normalized spacial score (nSPS) is 17.8. The van der Waals surface area contributed by atoms with E-state index in [0.29, 0.717) is 19.4 Å². The number of carbonyl (C=O) groups is 2. The van der Waals surface area contributed by atoms with Crippen LogP contribution in [0.25, 0.3) is 0 Å². The maximum Gasteiger partial charge on any atom is 0.349 e. The van der Waals surface area contributed by atoms with Crippen molar-refractivity contribution in [2.75, 3.05) is 5.73 Å². The summed E-state index contributed by atoms with van der Waals surface area (Å²) in [5.74, 6) is 0.217. The van der Waals surface area contributed by atoms with Crippen LogP contribution in [0.1, 0.15) is 64.2 Å². The summed E-state index contributed by atoms with van der Waals surface area (Å²) in [7, 11) is 0. The minimum atomic E-state index is -0.316. The molecule has 0 radical (unpaired) electrons. The minimum Gasteiger partial charge on any atom is -0.383 e. The molecule has 0 aromatic carbocycles. The number of anilines is 1. The molecule has 1 aromatic heterocycles. The summed E-state index contributed by atoms with van der Waals surface area (Å²) in [6, 6.07) is 1.62. The molecule has 1 saturated carbocycles. The number of Topliss-reactive ketones (excluding diaryl/α,β-unsaturated/α-hetero) is 2. The molecule has 1 fully saturated rings. The fourth-order valence-electron chi connectivity index (χ4n) is 3.22. The average molecular weight is 333 g/mol. The molecule has 132 valence electrons. The van der Waals surface area contributed by atoms with Crippen molar-refractivity contribution in [3.63, 3.8) is 0 Å². The second kappa shape index (κ2) is 9.35. The van der Waals surface area contributed by atoms with Gasteiger partial charge in [0, 0.05) is 25.6 Å². The first-order valence-electron chi connectivity index (χ1n) is 8.96. The summed E-state index contributed by atoms with van der Waals surface area (Å²) in [4.78, 5) is 39.1. The highest BCUT2D eigenvalue weighted by molar-refractivity contribution is 6.02. The molecule has 1 aliphatic carbocycles. The summed E-state index contributed by atoms with van der Waals surface area (Å²) in [5.41, 5.74) is 5.14. The molecular formula is C18H27N3O3. The van der Waals surface area contributed by atoms with Gasteiger partial charge in [0.05, 0.1) is 5.92 Å². The maximum atomic E-state index is 12.1. The lowest BCUT2D eigenvalue weighted by atomic mass is 9.83. The Balaban J connectivity index is 1.56. The van der Waals surface area contributed by atoms with Gasteiger partial charge in [-0.3, -0.25) is 14.2 Å². The lowest BCUT2D eigenvalue weighted by molar-refractivity contribution is -0.134. The first-order valence-corrected chi connectivity index (χ1v) is 8.96. The molecule has 24 heavy (non-hydrogen) atoms. The van der Waals surface area contributed by atoms with Crippen LogP contribution < -0.4 is 11.4 Å². The van der Waals surface area contributed by atoms with E-state index in [-0.39, 0.29) is 29.0 Å². The topological polar surface area (TPSA) is 95.0 Å². The molecule has 6 heteroatoms. The van der Waals surface area contributed by atoms with Gasteiger partial charge >= 0.3 is 5.69 Å². The van der Waals surface area contributed by atoms with E-state index in [2.05, 4.69) is 4.98 Å². The largest absolute Gasteiger partial charge is 0.383 e. The van der Waals surface area contributed by atoms with Gasteiger partial charge < -0.3 is 5.73 Å². The van der Waals surface area contributed by atoms with E-state index in [1.165, 1.54) is 0 Å². The molecule has 1 aliphatic rings. The van der Waals surface area contributed by atoms with Gasteiger partial charge in [0.15, 0.2) is 0 Å². The summed E-state index contributed by atoms with van der Waals surface area (Å²) in [5, 5.41) is 0. The van der Waals surface area contributed by atoms with Crippen molar-refractivity contribution in [2.24, 2.45) is 5.92 Å². The van der Waals surface area contributed by atoms with Crippen LogP contribution in [-0.2, 0) is 16.1 Å². The lowest BCUT2D eigenvalue weighted by Crippen LogP contribution is -2.27. The van der Waals surface area contributed by atoms with Gasteiger partial charge in [-0.25, -0.2) is 4.79 Å². The van der Waals surface area contributed by atoms with Gasteiger partial charge in [-0.1, -0.05) is 25.7 Å². The van der Waals surface area contributed by atoms with E-state index in [9.17, 15) is 14.4 Å². The monoisotopic (exact) mass is 333 g/mol. The Morgan fingerprint density at radius 1 is 1.17 bits per heavy atom. The first kappa shape index (κ1) is 18.4. The van der Waals surface area contributed by atoms with E-state index < -0.39 is 0 Å². The van der Waals surface area contributed by atoms with Crippen molar-refractivity contribution in [2.45, 2.75) is 70.8 Å². The number of unbranched alkanes of at least 4 members (excludes halogenated alkanes) is 4. The third-order valence-electron chi connectivity index (χ3n) is 4.66. The minimum absolute atomic E-state index is 0.138. The third-order valence-corrected chi connectivity index (χ3v) is 4.66. The zero-order valence-corrected chi connectivity index (χ0v) is 14.2. The van der Waals surface area contributed by atoms with Crippen LogP contribution in [0.15, 0.2) is 17.1 Å². The number of nitrogen functional groups attached to an aromatic ring is 1. The molecule has 1 atom stereocenters. The number of rotatable bonds is 9. The van der Waals surface area contributed by atoms with Crippen molar-refractivity contribution in [3.05, 3.63) is 22.7 Å². The number of hydrogen-bond donors (Lipinski definition) is 1. The number of aromatic nitrogens is 2. The molecule has 1 heterocycles. The number of nitrogens with zero attached hydrogens (tertiary/aromatic N) is 2. The van der Waals surface area contributed by atoms with Crippen LogP contribution in [-0.4, -0.2) is 21.1 Å². The molecule has 2 N–H and O–H groups in total. The van der Waals surface area contributed by atoms with Crippen molar-refractivity contribution >= 4 is 17.4 Å². The Kier molecular flexibility index (Phi) is 7.15. The predicted octanol–water partition coefficient (Wildman–Crippen LogP) is 2.49. The zero-order chi connectivity index (χ0) is 17.4. The Morgan fingerprint density at radius 3 is 2.67 bits per heavy atom. The molecule has 0 saturated heterocycles. The van der Waals surface area contributed by atoms with Crippen LogP contribution in [0, 0.1) is 5.92 Å². The van der Waals surface area contributed by atoms with E-state index in [1.807, 2.05) is 0 Å². The van der Waals surface area contributed by atoms with Crippen molar-refractivity contribution in [1.82, 2.24) is 9.55 Å². The Labute approximate surface area is 142 Å². The molecule has 2 rings (SSSR count). The predicted molar refractivity (Wildman–Crippen MR) is 92.6 cm³/mol. The molecule has 0 amide bonds.